The summed E-state index contributed by atoms with van der Waals surface area (Å²) in [5.74, 6) is 1.64. The van der Waals surface area contributed by atoms with Crippen molar-refractivity contribution in [2.24, 2.45) is 11.8 Å². The molecule has 0 saturated heterocycles. The molecule has 0 bridgehead atoms. The van der Waals surface area contributed by atoms with Gasteiger partial charge < -0.3 is 9.26 Å². The molecule has 2 heterocycles. The molecule has 0 radical (unpaired) electrons. The van der Waals surface area contributed by atoms with Crippen LogP contribution in [0.5, 0.6) is 5.75 Å². The SMILES string of the molecule is COc1cc(C#C[C@@H]2CC2C(F)(F)F)c(F)cc1-n1c(=O)ccc2cc(S(=O)(=O)Nc3ccon3)ccc21. The number of nitrogens with zero attached hydrogens (tertiary/aromatic N) is 2. The number of alkyl halides is 3. The summed E-state index contributed by atoms with van der Waals surface area (Å²) in [7, 11) is -2.76. The summed E-state index contributed by atoms with van der Waals surface area (Å²) in [4.78, 5) is 12.7. The van der Waals surface area contributed by atoms with Crippen LogP contribution in [-0.2, 0) is 10.0 Å². The smallest absolute Gasteiger partial charge is 0.393 e. The third kappa shape index (κ3) is 4.82. The molecule has 0 spiro atoms. The molecule has 196 valence electrons. The van der Waals surface area contributed by atoms with E-state index < -0.39 is 39.4 Å². The quantitative estimate of drug-likeness (QED) is 0.292. The van der Waals surface area contributed by atoms with Crippen molar-refractivity contribution in [1.29, 1.82) is 0 Å². The molecule has 4 aromatic rings. The number of fused-ring (bicyclic) bond motifs is 1. The highest BCUT2D eigenvalue weighted by Gasteiger charge is 2.55. The third-order valence-electron chi connectivity index (χ3n) is 5.97. The molecule has 1 aliphatic rings. The van der Waals surface area contributed by atoms with Gasteiger partial charge in [0.1, 0.15) is 17.8 Å². The summed E-state index contributed by atoms with van der Waals surface area (Å²) in [5.41, 5.74) is -0.488. The Morgan fingerprint density at radius 3 is 2.61 bits per heavy atom. The molecular weight excluding hydrogens is 530 g/mol. The van der Waals surface area contributed by atoms with Gasteiger partial charge >= 0.3 is 6.18 Å². The lowest BCUT2D eigenvalue weighted by Gasteiger charge is -2.15. The van der Waals surface area contributed by atoms with E-state index in [0.29, 0.717) is 5.39 Å². The lowest BCUT2D eigenvalue weighted by atomic mass is 10.1. The number of hydrogen-bond acceptors (Lipinski definition) is 6. The van der Waals surface area contributed by atoms with Gasteiger partial charge in [-0.1, -0.05) is 17.0 Å². The maximum absolute atomic E-state index is 15.0. The molecule has 1 fully saturated rings. The van der Waals surface area contributed by atoms with E-state index in [-0.39, 0.29) is 39.7 Å². The van der Waals surface area contributed by atoms with Gasteiger partial charge in [-0.15, -0.1) is 0 Å². The Labute approximate surface area is 212 Å². The molecule has 0 aliphatic heterocycles. The van der Waals surface area contributed by atoms with Crippen LogP contribution in [0.25, 0.3) is 16.6 Å². The standard InChI is InChI=1S/C25H17F4N3O5S/c1-36-22-12-15(3-2-14-11-18(14)25(27,28)29)19(26)13-21(22)32-20-6-5-17(10-16(20)4-7-24(32)33)38(34,35)31-23-8-9-37-30-23/h4-10,12-14,18H,11H2,1H3,(H,30,31)/t14-,18?/m1/s1. The van der Waals surface area contributed by atoms with Gasteiger partial charge in [0.2, 0.25) is 0 Å². The van der Waals surface area contributed by atoms with Crippen LogP contribution in [-0.4, -0.2) is 31.4 Å². The van der Waals surface area contributed by atoms with Crippen LogP contribution >= 0.6 is 0 Å². The summed E-state index contributed by atoms with van der Waals surface area (Å²) in [6.45, 7) is 0. The predicted octanol–water partition coefficient (Wildman–Crippen LogP) is 4.48. The summed E-state index contributed by atoms with van der Waals surface area (Å²) >= 11 is 0. The molecule has 2 atom stereocenters. The lowest BCUT2D eigenvalue weighted by Crippen LogP contribution is -2.19. The zero-order chi connectivity index (χ0) is 27.2. The van der Waals surface area contributed by atoms with Crippen LogP contribution in [0.2, 0.25) is 0 Å². The van der Waals surface area contributed by atoms with Gasteiger partial charge in [-0.3, -0.25) is 14.1 Å². The van der Waals surface area contributed by atoms with Crippen LogP contribution in [0.3, 0.4) is 0 Å². The second kappa shape index (κ2) is 9.21. The van der Waals surface area contributed by atoms with E-state index in [1.54, 1.807) is 0 Å². The Morgan fingerprint density at radius 2 is 1.95 bits per heavy atom. The van der Waals surface area contributed by atoms with E-state index in [2.05, 4.69) is 26.2 Å². The van der Waals surface area contributed by atoms with E-state index in [9.17, 15) is 30.8 Å². The van der Waals surface area contributed by atoms with Crippen molar-refractivity contribution < 1.29 is 35.2 Å². The lowest BCUT2D eigenvalue weighted by molar-refractivity contribution is -0.149. The van der Waals surface area contributed by atoms with Crippen molar-refractivity contribution in [1.82, 2.24) is 9.72 Å². The molecule has 8 nitrogen and oxygen atoms in total. The molecule has 1 unspecified atom stereocenters. The highest BCUT2D eigenvalue weighted by atomic mass is 32.2. The van der Waals surface area contributed by atoms with Crippen LogP contribution in [0.15, 0.2) is 69.0 Å². The molecule has 1 aliphatic carbocycles. The Morgan fingerprint density at radius 1 is 1.16 bits per heavy atom. The van der Waals surface area contributed by atoms with Crippen molar-refractivity contribution in [3.8, 4) is 23.3 Å². The fraction of sp³-hybridized carbons (Fsp3) is 0.200. The van der Waals surface area contributed by atoms with E-state index in [1.807, 2.05) is 0 Å². The number of sulfonamides is 1. The average molecular weight is 547 g/mol. The van der Waals surface area contributed by atoms with Crippen molar-refractivity contribution in [2.45, 2.75) is 17.5 Å². The second-order valence-corrected chi connectivity index (χ2v) is 10.2. The van der Waals surface area contributed by atoms with Gasteiger partial charge in [0.05, 0.1) is 34.7 Å². The van der Waals surface area contributed by atoms with Gasteiger partial charge in [0.25, 0.3) is 15.6 Å². The van der Waals surface area contributed by atoms with Gasteiger partial charge in [-0.05, 0) is 30.7 Å². The minimum atomic E-state index is -4.35. The number of rotatable bonds is 5. The minimum Gasteiger partial charge on any atom is -0.495 e. The minimum absolute atomic E-state index is 0.00192. The molecule has 38 heavy (non-hydrogen) atoms. The fourth-order valence-electron chi connectivity index (χ4n) is 3.97. The van der Waals surface area contributed by atoms with Crippen LogP contribution in [0.4, 0.5) is 23.4 Å². The number of hydrogen-bond donors (Lipinski definition) is 1. The first kappa shape index (κ1) is 25.3. The van der Waals surface area contributed by atoms with E-state index in [4.69, 9.17) is 4.74 Å². The van der Waals surface area contributed by atoms with Crippen molar-refractivity contribution in [3.05, 3.63) is 76.5 Å². The number of aromatic nitrogens is 2. The summed E-state index contributed by atoms with van der Waals surface area (Å²) in [6, 6.07) is 10.1. The number of anilines is 1. The molecule has 0 amide bonds. The van der Waals surface area contributed by atoms with Gasteiger partial charge in [0, 0.05) is 35.6 Å². The summed E-state index contributed by atoms with van der Waals surface area (Å²) < 4.78 is 92.1. The first-order chi connectivity index (χ1) is 18.0. The number of nitrogens with one attached hydrogen (secondary N) is 1. The molecule has 2 aromatic heterocycles. The average Bonchev–Trinajstić information content (AvgIpc) is 3.50. The predicted molar refractivity (Wildman–Crippen MR) is 128 cm³/mol. The van der Waals surface area contributed by atoms with E-state index >= 15 is 0 Å². The van der Waals surface area contributed by atoms with Gasteiger partial charge in [0.15, 0.2) is 5.82 Å². The molecule has 1 saturated carbocycles. The monoisotopic (exact) mass is 547 g/mol. The Balaban J connectivity index is 1.54. The van der Waals surface area contributed by atoms with Crippen molar-refractivity contribution in [3.63, 3.8) is 0 Å². The van der Waals surface area contributed by atoms with Crippen molar-refractivity contribution >= 4 is 26.7 Å². The highest BCUT2D eigenvalue weighted by Crippen LogP contribution is 2.49. The van der Waals surface area contributed by atoms with E-state index in [0.717, 1.165) is 10.6 Å². The zero-order valence-corrected chi connectivity index (χ0v) is 20.2. The second-order valence-electron chi connectivity index (χ2n) is 8.48. The fourth-order valence-corrected chi connectivity index (χ4v) is 4.99. The molecule has 1 N–H and O–H groups in total. The first-order valence-corrected chi connectivity index (χ1v) is 12.5. The number of pyridine rings is 1. The van der Waals surface area contributed by atoms with Gasteiger partial charge in [-0.25, -0.2) is 12.8 Å². The van der Waals surface area contributed by atoms with Crippen LogP contribution in [0.1, 0.15) is 12.0 Å². The molecule has 2 aromatic carbocycles. The Bertz CT molecular complexity index is 1770. The largest absolute Gasteiger partial charge is 0.495 e. The van der Waals surface area contributed by atoms with Crippen molar-refractivity contribution in [2.75, 3.05) is 11.8 Å². The molecule has 13 heteroatoms. The number of ether oxygens (including phenoxy) is 1. The maximum atomic E-state index is 15.0. The van der Waals surface area contributed by atoms with Gasteiger partial charge in [-0.2, -0.15) is 13.2 Å². The Hall–Kier alpha value is -4.31. The van der Waals surface area contributed by atoms with E-state index in [1.165, 1.54) is 55.8 Å². The van der Waals surface area contributed by atoms with Crippen LogP contribution < -0.4 is 15.0 Å². The number of benzene rings is 2. The molecule has 5 rings (SSSR count). The summed E-state index contributed by atoms with van der Waals surface area (Å²) in [6.07, 6.45) is -3.28. The topological polar surface area (TPSA) is 103 Å². The Kier molecular flexibility index (Phi) is 6.15. The third-order valence-corrected chi connectivity index (χ3v) is 7.32. The number of methoxy groups -OCH3 is 1. The normalized spacial score (nSPS) is 17.1. The summed E-state index contributed by atoms with van der Waals surface area (Å²) in [5, 5.41) is 3.85. The first-order valence-electron chi connectivity index (χ1n) is 11.0. The number of halogens is 4. The maximum Gasteiger partial charge on any atom is 0.393 e. The highest BCUT2D eigenvalue weighted by molar-refractivity contribution is 7.92. The zero-order valence-electron chi connectivity index (χ0n) is 19.4. The van der Waals surface area contributed by atoms with Crippen LogP contribution in [0, 0.1) is 29.5 Å². The molecular formula is C25H17F4N3O5S.